The van der Waals surface area contributed by atoms with Crippen LogP contribution in [0.25, 0.3) is 0 Å². The van der Waals surface area contributed by atoms with Crippen molar-refractivity contribution in [2.24, 2.45) is 5.92 Å². The molecule has 3 aromatic rings. The van der Waals surface area contributed by atoms with E-state index in [9.17, 15) is 8.78 Å². The molecular formula is C27H30F2. The minimum atomic E-state index is -0.182. The molecule has 1 atom stereocenters. The van der Waals surface area contributed by atoms with Crippen LogP contribution in [-0.4, -0.2) is 0 Å². The van der Waals surface area contributed by atoms with Crippen LogP contribution in [0.5, 0.6) is 0 Å². The van der Waals surface area contributed by atoms with Crippen molar-refractivity contribution in [2.45, 2.75) is 52.9 Å². The molecule has 0 saturated heterocycles. The van der Waals surface area contributed by atoms with Crippen molar-refractivity contribution in [2.75, 3.05) is 0 Å². The molecule has 0 heterocycles. The maximum atomic E-state index is 14.0. The summed E-state index contributed by atoms with van der Waals surface area (Å²) < 4.78 is 27.9. The maximum Gasteiger partial charge on any atom is 0.126 e. The molecule has 2 heteroatoms. The fourth-order valence-electron chi connectivity index (χ4n) is 3.73. The minimum Gasteiger partial charge on any atom is -0.207 e. The molecule has 0 aromatic heterocycles. The molecular weight excluding hydrogens is 362 g/mol. The molecule has 3 rings (SSSR count). The van der Waals surface area contributed by atoms with Crippen LogP contribution in [0, 0.1) is 31.4 Å². The fourth-order valence-corrected chi connectivity index (χ4v) is 3.73. The van der Waals surface area contributed by atoms with Crippen LogP contribution >= 0.6 is 0 Å². The highest BCUT2D eigenvalue weighted by molar-refractivity contribution is 5.34. The zero-order valence-corrected chi connectivity index (χ0v) is 17.6. The van der Waals surface area contributed by atoms with Crippen molar-refractivity contribution in [3.63, 3.8) is 0 Å². The summed E-state index contributed by atoms with van der Waals surface area (Å²) >= 11 is 0. The van der Waals surface area contributed by atoms with Gasteiger partial charge in [0, 0.05) is 0 Å². The molecule has 0 aliphatic carbocycles. The maximum absolute atomic E-state index is 14.0. The summed E-state index contributed by atoms with van der Waals surface area (Å²) in [5.74, 6) is 0.197. The van der Waals surface area contributed by atoms with E-state index in [1.54, 1.807) is 18.2 Å². The van der Waals surface area contributed by atoms with Crippen molar-refractivity contribution >= 4 is 0 Å². The number of aryl methyl sites for hydroxylation is 4. The Morgan fingerprint density at radius 2 is 1.31 bits per heavy atom. The van der Waals surface area contributed by atoms with Crippen LogP contribution in [0.2, 0.25) is 0 Å². The summed E-state index contributed by atoms with van der Waals surface area (Å²) in [5.41, 5.74) is 6.45. The lowest BCUT2D eigenvalue weighted by molar-refractivity contribution is 0.484. The third kappa shape index (κ3) is 6.25. The number of hydrogen-bond donors (Lipinski definition) is 0. The zero-order chi connectivity index (χ0) is 20.8. The van der Waals surface area contributed by atoms with Gasteiger partial charge in [-0.1, -0.05) is 55.0 Å². The zero-order valence-electron chi connectivity index (χ0n) is 17.6. The van der Waals surface area contributed by atoms with Crippen LogP contribution in [0.15, 0.2) is 60.7 Å². The Bertz CT molecular complexity index is 941. The van der Waals surface area contributed by atoms with Crippen molar-refractivity contribution < 1.29 is 8.78 Å². The molecule has 0 saturated carbocycles. The van der Waals surface area contributed by atoms with Crippen molar-refractivity contribution in [3.8, 4) is 0 Å². The monoisotopic (exact) mass is 392 g/mol. The predicted octanol–water partition coefficient (Wildman–Crippen LogP) is 7.37. The lowest BCUT2D eigenvalue weighted by Gasteiger charge is -2.15. The van der Waals surface area contributed by atoms with Crippen molar-refractivity contribution in [1.29, 1.82) is 0 Å². The van der Waals surface area contributed by atoms with Gasteiger partial charge in [0.2, 0.25) is 0 Å². The van der Waals surface area contributed by atoms with Gasteiger partial charge in [-0.2, -0.15) is 0 Å². The smallest absolute Gasteiger partial charge is 0.126 e. The second kappa shape index (κ2) is 9.82. The number of benzene rings is 3. The second-order valence-corrected chi connectivity index (χ2v) is 8.35. The number of hydrogen-bond acceptors (Lipinski definition) is 0. The van der Waals surface area contributed by atoms with Gasteiger partial charge in [-0.05, 0) is 97.9 Å². The van der Waals surface area contributed by atoms with Crippen LogP contribution in [0.4, 0.5) is 8.78 Å². The number of rotatable bonds is 8. The van der Waals surface area contributed by atoms with Gasteiger partial charge in [0.05, 0.1) is 0 Å². The fraction of sp³-hybridized carbons (Fsp3) is 0.333. The van der Waals surface area contributed by atoms with Crippen LogP contribution < -0.4 is 0 Å². The first-order chi connectivity index (χ1) is 13.9. The van der Waals surface area contributed by atoms with E-state index in [4.69, 9.17) is 0 Å². The molecule has 0 amide bonds. The van der Waals surface area contributed by atoms with E-state index in [1.165, 1.54) is 16.7 Å². The molecule has 0 nitrogen and oxygen atoms in total. The Morgan fingerprint density at radius 1 is 0.690 bits per heavy atom. The Balaban J connectivity index is 1.60. The highest BCUT2D eigenvalue weighted by Crippen LogP contribution is 2.22. The summed E-state index contributed by atoms with van der Waals surface area (Å²) in [4.78, 5) is 0. The number of halogens is 2. The van der Waals surface area contributed by atoms with E-state index in [0.717, 1.165) is 48.8 Å². The second-order valence-electron chi connectivity index (χ2n) is 8.35. The van der Waals surface area contributed by atoms with Crippen LogP contribution in [-0.2, 0) is 19.3 Å². The first-order valence-corrected chi connectivity index (χ1v) is 10.5. The minimum absolute atomic E-state index is 0.101. The van der Waals surface area contributed by atoms with E-state index in [0.29, 0.717) is 5.92 Å². The molecule has 0 N–H and O–H groups in total. The molecule has 0 bridgehead atoms. The van der Waals surface area contributed by atoms with Gasteiger partial charge in [-0.15, -0.1) is 0 Å². The molecule has 1 unspecified atom stereocenters. The Morgan fingerprint density at radius 3 is 2.00 bits per heavy atom. The van der Waals surface area contributed by atoms with Gasteiger partial charge < -0.3 is 0 Å². The first-order valence-electron chi connectivity index (χ1n) is 10.5. The summed E-state index contributed by atoms with van der Waals surface area (Å²) in [6, 6.07) is 19.0. The predicted molar refractivity (Wildman–Crippen MR) is 117 cm³/mol. The summed E-state index contributed by atoms with van der Waals surface area (Å²) in [7, 11) is 0. The molecule has 29 heavy (non-hydrogen) atoms. The highest BCUT2D eigenvalue weighted by Gasteiger charge is 2.10. The molecule has 3 aromatic carbocycles. The molecule has 0 radical (unpaired) electrons. The summed E-state index contributed by atoms with van der Waals surface area (Å²) in [5, 5.41) is 0. The lowest BCUT2D eigenvalue weighted by Crippen LogP contribution is -2.04. The quantitative estimate of drug-likeness (QED) is 0.375. The molecule has 0 spiro atoms. The molecule has 0 aliphatic rings. The molecule has 0 fully saturated rings. The Kier molecular flexibility index (Phi) is 7.19. The van der Waals surface area contributed by atoms with Gasteiger partial charge in [-0.3, -0.25) is 0 Å². The largest absolute Gasteiger partial charge is 0.207 e. The molecule has 152 valence electrons. The average Bonchev–Trinajstić information content (AvgIpc) is 2.68. The highest BCUT2D eigenvalue weighted by atomic mass is 19.1. The normalized spacial score (nSPS) is 12.2. The summed E-state index contributed by atoms with van der Waals surface area (Å²) in [6.07, 6.45) is 4.39. The third-order valence-electron chi connectivity index (χ3n) is 5.71. The SMILES string of the molecule is Cc1ccc(Cc2cc(F)ccc2CCC(C)CCc2ccc(C)cc2F)cc1. The standard InChI is InChI=1S/C27H30F2/c1-19-4-9-22(10-5-19)17-25-18-26(28)15-14-23(25)11-6-20(2)7-12-24-13-8-21(3)16-27(24)29/h4-5,8-10,13-16,18,20H,6-7,11-12,17H2,1-3H3. The van der Waals surface area contributed by atoms with E-state index < -0.39 is 0 Å². The lowest BCUT2D eigenvalue weighted by atomic mass is 9.91. The van der Waals surface area contributed by atoms with Crippen LogP contribution in [0.1, 0.15) is 53.1 Å². The van der Waals surface area contributed by atoms with Gasteiger partial charge >= 0.3 is 0 Å². The van der Waals surface area contributed by atoms with Crippen molar-refractivity contribution in [3.05, 3.63) is 106 Å². The van der Waals surface area contributed by atoms with Crippen LogP contribution in [0.3, 0.4) is 0 Å². The Hall–Kier alpha value is -2.48. The van der Waals surface area contributed by atoms with Crippen molar-refractivity contribution in [1.82, 2.24) is 0 Å². The first kappa shape index (κ1) is 21.2. The third-order valence-corrected chi connectivity index (χ3v) is 5.71. The van der Waals surface area contributed by atoms with E-state index >= 15 is 0 Å². The average molecular weight is 393 g/mol. The van der Waals surface area contributed by atoms with E-state index in [1.807, 2.05) is 25.1 Å². The van der Waals surface area contributed by atoms with Gasteiger partial charge in [0.15, 0.2) is 0 Å². The van der Waals surface area contributed by atoms with Gasteiger partial charge in [-0.25, -0.2) is 8.78 Å². The Labute approximate surface area is 173 Å². The van der Waals surface area contributed by atoms with Gasteiger partial charge in [0.1, 0.15) is 11.6 Å². The van der Waals surface area contributed by atoms with E-state index in [2.05, 4.69) is 38.1 Å². The van der Waals surface area contributed by atoms with E-state index in [-0.39, 0.29) is 11.6 Å². The summed E-state index contributed by atoms with van der Waals surface area (Å²) in [6.45, 7) is 6.20. The molecule has 0 aliphatic heterocycles. The van der Waals surface area contributed by atoms with Gasteiger partial charge in [0.25, 0.3) is 0 Å². The topological polar surface area (TPSA) is 0 Å².